The number of rotatable bonds is 9. The minimum absolute atomic E-state index is 0.0558. The molecule has 4 aromatic carbocycles. The van der Waals surface area contributed by atoms with Gasteiger partial charge >= 0.3 is 0 Å². The number of anilines is 4. The third-order valence-corrected chi connectivity index (χ3v) is 12.8. The summed E-state index contributed by atoms with van der Waals surface area (Å²) in [6.45, 7) is 0. The fourth-order valence-electron chi connectivity index (χ4n) is 5.38. The maximum Gasteiger partial charge on any atom is 0.265 e. The van der Waals surface area contributed by atoms with Crippen molar-refractivity contribution in [1.82, 2.24) is 34.2 Å². The van der Waals surface area contributed by atoms with Crippen LogP contribution in [0.1, 0.15) is 0 Å². The highest BCUT2D eigenvalue weighted by atomic mass is 35.7. The highest BCUT2D eigenvalue weighted by Crippen LogP contribution is 2.36. The zero-order valence-electron chi connectivity index (χ0n) is 28.7. The molecule has 0 saturated heterocycles. The van der Waals surface area contributed by atoms with Gasteiger partial charge < -0.3 is 20.1 Å². The molecule has 0 unspecified atom stereocenters. The third-order valence-electron chi connectivity index (χ3n) is 8.05. The van der Waals surface area contributed by atoms with Gasteiger partial charge in [-0.25, -0.2) is 51.0 Å². The summed E-state index contributed by atoms with van der Waals surface area (Å²) >= 11 is 3.12. The number of sulfonamides is 1. The largest absolute Gasteiger partial charge is 0.495 e. The Hall–Kier alpha value is -5.31. The second-order valence-electron chi connectivity index (χ2n) is 11.5. The zero-order valence-corrected chi connectivity index (χ0v) is 32.7. The molecule has 0 aliphatic carbocycles. The number of nitrogens with zero attached hydrogens (tertiary/aromatic N) is 7. The molecule has 15 nitrogen and oxygen atoms in total. The lowest BCUT2D eigenvalue weighted by molar-refractivity contribution is 0.401. The van der Waals surface area contributed by atoms with Crippen molar-refractivity contribution in [3.63, 3.8) is 0 Å². The summed E-state index contributed by atoms with van der Waals surface area (Å²) in [6.07, 6.45) is 2.81. The summed E-state index contributed by atoms with van der Waals surface area (Å²) < 4.78 is 62.9. The van der Waals surface area contributed by atoms with Gasteiger partial charge in [0.05, 0.1) is 56.7 Å². The summed E-state index contributed by atoms with van der Waals surface area (Å²) in [4.78, 5) is 25.5. The SMILES string of the molecule is COc1cc2ncnc(Nc3ccc4scnc4c3)c2cc1S(=O)(=O)Cl.COc1cc2ncnc(Nc3ccc4scnc4c3)c2cc1S(=O)(=O)N(C)C. The minimum Gasteiger partial charge on any atom is -0.495 e. The maximum absolute atomic E-state index is 12.7. The molecule has 276 valence electrons. The van der Waals surface area contributed by atoms with Crippen LogP contribution in [0.15, 0.2) is 94.1 Å². The van der Waals surface area contributed by atoms with Crippen LogP contribution < -0.4 is 20.1 Å². The molecule has 0 atom stereocenters. The monoisotopic (exact) mass is 821 g/mol. The van der Waals surface area contributed by atoms with Crippen molar-refractivity contribution in [2.75, 3.05) is 38.9 Å². The Balaban J connectivity index is 0.000000167. The Bertz CT molecular complexity index is 2920. The first kappa shape index (κ1) is 37.0. The first-order valence-corrected chi connectivity index (χ1v) is 21.1. The molecule has 8 rings (SSSR count). The van der Waals surface area contributed by atoms with Crippen molar-refractivity contribution >= 4 is 118 Å². The van der Waals surface area contributed by atoms with E-state index in [-0.39, 0.29) is 21.3 Å². The highest BCUT2D eigenvalue weighted by Gasteiger charge is 2.24. The van der Waals surface area contributed by atoms with Gasteiger partial charge in [0, 0.05) is 59.1 Å². The van der Waals surface area contributed by atoms with Gasteiger partial charge in [0.2, 0.25) is 10.0 Å². The van der Waals surface area contributed by atoms with Gasteiger partial charge in [0.15, 0.2) is 0 Å². The van der Waals surface area contributed by atoms with Crippen LogP contribution in [-0.2, 0) is 19.1 Å². The number of ether oxygens (including phenoxy) is 2. The number of fused-ring (bicyclic) bond motifs is 4. The van der Waals surface area contributed by atoms with E-state index >= 15 is 0 Å². The van der Waals surface area contributed by atoms with Crippen molar-refractivity contribution in [3.8, 4) is 11.5 Å². The summed E-state index contributed by atoms with van der Waals surface area (Å²) in [5.41, 5.74) is 7.98. The van der Waals surface area contributed by atoms with Crippen LogP contribution in [0, 0.1) is 0 Å². The number of thiazole rings is 2. The number of halogens is 1. The molecule has 4 heterocycles. The summed E-state index contributed by atoms with van der Waals surface area (Å²) in [5, 5.41) is 7.50. The molecular weight excluding hydrogens is 794 g/mol. The lowest BCUT2D eigenvalue weighted by Gasteiger charge is -2.16. The van der Waals surface area contributed by atoms with Crippen LogP contribution in [0.3, 0.4) is 0 Å². The van der Waals surface area contributed by atoms with Crippen LogP contribution in [0.5, 0.6) is 11.5 Å². The Morgan fingerprint density at radius 2 is 1.07 bits per heavy atom. The number of nitrogens with one attached hydrogen (secondary N) is 2. The molecule has 2 N–H and O–H groups in total. The molecule has 54 heavy (non-hydrogen) atoms. The second kappa shape index (κ2) is 14.8. The topological polar surface area (TPSA) is 191 Å². The van der Waals surface area contributed by atoms with Gasteiger partial charge in [0.1, 0.15) is 45.6 Å². The molecule has 0 fully saturated rings. The van der Waals surface area contributed by atoms with Crippen LogP contribution in [0.2, 0.25) is 0 Å². The number of hydrogen-bond acceptors (Lipinski definition) is 16. The number of methoxy groups -OCH3 is 2. The minimum atomic E-state index is -3.99. The molecular formula is C34H28ClN9O6S4. The Morgan fingerprint density at radius 1 is 0.611 bits per heavy atom. The smallest absolute Gasteiger partial charge is 0.265 e. The first-order chi connectivity index (χ1) is 25.8. The quantitative estimate of drug-likeness (QED) is 0.139. The Kier molecular flexibility index (Phi) is 10.2. The Labute approximate surface area is 321 Å². The Morgan fingerprint density at radius 3 is 1.52 bits per heavy atom. The van der Waals surface area contributed by atoms with E-state index in [1.165, 1.54) is 59.2 Å². The summed E-state index contributed by atoms with van der Waals surface area (Å²) in [7, 11) is 3.58. The number of aromatic nitrogens is 6. The van der Waals surface area contributed by atoms with Crippen molar-refractivity contribution in [2.45, 2.75) is 9.79 Å². The van der Waals surface area contributed by atoms with Gasteiger partial charge in [0.25, 0.3) is 9.05 Å². The van der Waals surface area contributed by atoms with Gasteiger partial charge in [-0.1, -0.05) is 0 Å². The first-order valence-electron chi connectivity index (χ1n) is 15.6. The third kappa shape index (κ3) is 7.41. The molecule has 0 aliphatic rings. The van der Waals surface area contributed by atoms with E-state index in [4.69, 9.17) is 20.2 Å². The molecule has 0 radical (unpaired) electrons. The van der Waals surface area contributed by atoms with Crippen LogP contribution in [0.25, 0.3) is 42.2 Å². The predicted molar refractivity (Wildman–Crippen MR) is 212 cm³/mol. The van der Waals surface area contributed by atoms with Crippen LogP contribution in [-0.4, -0.2) is 79.4 Å². The summed E-state index contributed by atoms with van der Waals surface area (Å²) in [5.74, 6) is 1.31. The van der Waals surface area contributed by atoms with Gasteiger partial charge in [-0.2, -0.15) is 0 Å². The standard InChI is InChI=1S/C18H17N5O3S2.C16H11ClN4O3S2/c1-23(2)28(24,25)17-7-12-13(8-15(17)26-3)19-9-20-18(12)22-11-4-5-16-14(6-11)21-10-27-16;1-24-13-6-11-10(5-15(13)26(17,22)23)16(19-7-18-11)21-9-2-3-14-12(4-9)20-8-25-14/h4-10H,1-3H3,(H,19,20,22);2-8H,1H3,(H,18,19,21). The molecule has 0 saturated carbocycles. The van der Waals surface area contributed by atoms with E-state index in [1.807, 2.05) is 36.4 Å². The van der Waals surface area contributed by atoms with Gasteiger partial charge in [-0.3, -0.25) is 0 Å². The highest BCUT2D eigenvalue weighted by molar-refractivity contribution is 8.13. The van der Waals surface area contributed by atoms with Crippen molar-refractivity contribution in [3.05, 3.63) is 84.3 Å². The van der Waals surface area contributed by atoms with E-state index in [1.54, 1.807) is 39.8 Å². The van der Waals surface area contributed by atoms with Gasteiger partial charge in [-0.15, -0.1) is 22.7 Å². The molecule has 8 aromatic rings. The lowest BCUT2D eigenvalue weighted by atomic mass is 10.2. The molecule has 20 heteroatoms. The number of hydrogen-bond donors (Lipinski definition) is 2. The lowest BCUT2D eigenvalue weighted by Crippen LogP contribution is -2.22. The fraction of sp³-hybridized carbons (Fsp3) is 0.118. The van der Waals surface area contributed by atoms with Gasteiger partial charge in [-0.05, 0) is 48.5 Å². The van der Waals surface area contributed by atoms with Crippen molar-refractivity contribution < 1.29 is 26.3 Å². The van der Waals surface area contributed by atoms with E-state index in [0.29, 0.717) is 33.4 Å². The van der Waals surface area contributed by atoms with E-state index < -0.39 is 19.1 Å². The average molecular weight is 822 g/mol. The predicted octanol–water partition coefficient (Wildman–Crippen LogP) is 7.16. The molecule has 0 aliphatic heterocycles. The van der Waals surface area contributed by atoms with E-state index in [9.17, 15) is 16.8 Å². The average Bonchev–Trinajstić information content (AvgIpc) is 3.83. The summed E-state index contributed by atoms with van der Waals surface area (Å²) in [6, 6.07) is 17.6. The normalized spacial score (nSPS) is 11.9. The van der Waals surface area contributed by atoms with Crippen molar-refractivity contribution in [2.24, 2.45) is 0 Å². The molecule has 0 spiro atoms. The van der Waals surface area contributed by atoms with Crippen molar-refractivity contribution in [1.29, 1.82) is 0 Å². The van der Waals surface area contributed by atoms with E-state index in [0.717, 1.165) is 36.1 Å². The van der Waals surface area contributed by atoms with E-state index in [2.05, 4.69) is 40.5 Å². The molecule has 0 amide bonds. The van der Waals surface area contributed by atoms with Crippen LogP contribution in [0.4, 0.5) is 23.0 Å². The molecule has 4 aromatic heterocycles. The molecule has 0 bridgehead atoms. The maximum atomic E-state index is 12.7. The fourth-order valence-corrected chi connectivity index (χ4v) is 8.76. The second-order valence-corrected chi connectivity index (χ2v) is 18.0. The number of benzene rings is 4. The zero-order chi connectivity index (χ0) is 38.2. The van der Waals surface area contributed by atoms with Crippen LogP contribution >= 0.6 is 33.4 Å².